The third-order valence-corrected chi connectivity index (χ3v) is 3.45. The monoisotopic (exact) mass is 323 g/mol. The van der Waals surface area contributed by atoms with Crippen molar-refractivity contribution in [3.63, 3.8) is 0 Å². The molecule has 0 saturated carbocycles. The second-order valence-electron chi connectivity index (χ2n) is 5.07. The van der Waals surface area contributed by atoms with E-state index in [4.69, 9.17) is 14.2 Å². The molecule has 0 unspecified atom stereocenters. The standard InChI is InChI=1S/C19H17NO4/c1-3-23-16-10-6-14(7-11-16)18-20-17(19(21)24-18)12-13-4-8-15(22-2)9-5-13/h4-12H,3H2,1-2H3/b17-12+. The van der Waals surface area contributed by atoms with Crippen LogP contribution in [0.2, 0.25) is 0 Å². The first-order valence-electron chi connectivity index (χ1n) is 7.59. The Morgan fingerprint density at radius 2 is 1.71 bits per heavy atom. The quantitative estimate of drug-likeness (QED) is 0.625. The number of cyclic esters (lactones) is 1. The Bertz CT molecular complexity index is 789. The predicted octanol–water partition coefficient (Wildman–Crippen LogP) is 3.44. The molecule has 0 atom stereocenters. The molecule has 122 valence electrons. The molecule has 1 aliphatic rings. The molecule has 2 aromatic rings. The van der Waals surface area contributed by atoms with Gasteiger partial charge in [-0.15, -0.1) is 0 Å². The number of nitrogens with zero attached hydrogens (tertiary/aromatic N) is 1. The van der Waals surface area contributed by atoms with Crippen LogP contribution in [0.5, 0.6) is 11.5 Å². The zero-order chi connectivity index (χ0) is 16.9. The lowest BCUT2D eigenvalue weighted by molar-refractivity contribution is -0.129. The van der Waals surface area contributed by atoms with E-state index in [2.05, 4.69) is 4.99 Å². The summed E-state index contributed by atoms with van der Waals surface area (Å²) in [6.45, 7) is 2.52. The summed E-state index contributed by atoms with van der Waals surface area (Å²) in [5, 5.41) is 0. The maximum atomic E-state index is 12.0. The number of methoxy groups -OCH3 is 1. The number of carbonyl (C=O) groups excluding carboxylic acids is 1. The highest BCUT2D eigenvalue weighted by molar-refractivity contribution is 6.12. The van der Waals surface area contributed by atoms with E-state index in [1.165, 1.54) is 0 Å². The number of aliphatic imine (C=N–C) groups is 1. The van der Waals surface area contributed by atoms with E-state index in [0.29, 0.717) is 12.5 Å². The molecular formula is C19H17NO4. The third kappa shape index (κ3) is 3.46. The third-order valence-electron chi connectivity index (χ3n) is 3.45. The normalized spacial score (nSPS) is 15.2. The van der Waals surface area contributed by atoms with E-state index < -0.39 is 5.97 Å². The molecule has 0 saturated heterocycles. The Labute approximate surface area is 140 Å². The Balaban J connectivity index is 1.82. The van der Waals surface area contributed by atoms with Crippen molar-refractivity contribution in [2.24, 2.45) is 4.99 Å². The van der Waals surface area contributed by atoms with Crippen LogP contribution in [0, 0.1) is 0 Å². The molecule has 2 aromatic carbocycles. The summed E-state index contributed by atoms with van der Waals surface area (Å²) in [6, 6.07) is 14.6. The molecule has 0 spiro atoms. The number of hydrogen-bond acceptors (Lipinski definition) is 5. The summed E-state index contributed by atoms with van der Waals surface area (Å²) < 4.78 is 15.8. The van der Waals surface area contributed by atoms with Crippen molar-refractivity contribution in [1.82, 2.24) is 0 Å². The molecule has 3 rings (SSSR count). The number of ether oxygens (including phenoxy) is 3. The van der Waals surface area contributed by atoms with E-state index in [0.717, 1.165) is 22.6 Å². The number of esters is 1. The van der Waals surface area contributed by atoms with Crippen LogP contribution in [-0.2, 0) is 9.53 Å². The van der Waals surface area contributed by atoms with Crippen LogP contribution in [-0.4, -0.2) is 25.6 Å². The van der Waals surface area contributed by atoms with Gasteiger partial charge in [-0.3, -0.25) is 0 Å². The van der Waals surface area contributed by atoms with Gasteiger partial charge in [0.05, 0.1) is 13.7 Å². The molecule has 24 heavy (non-hydrogen) atoms. The van der Waals surface area contributed by atoms with Crippen LogP contribution in [0.25, 0.3) is 6.08 Å². The summed E-state index contributed by atoms with van der Waals surface area (Å²) in [5.74, 6) is 1.35. The smallest absolute Gasteiger partial charge is 0.363 e. The highest BCUT2D eigenvalue weighted by atomic mass is 16.6. The first-order valence-corrected chi connectivity index (χ1v) is 7.59. The predicted molar refractivity (Wildman–Crippen MR) is 91.2 cm³/mol. The van der Waals surface area contributed by atoms with Crippen LogP contribution in [0.3, 0.4) is 0 Å². The zero-order valence-electron chi connectivity index (χ0n) is 13.5. The van der Waals surface area contributed by atoms with E-state index in [9.17, 15) is 4.79 Å². The summed E-state index contributed by atoms with van der Waals surface area (Å²) in [4.78, 5) is 16.3. The maximum Gasteiger partial charge on any atom is 0.363 e. The molecule has 0 radical (unpaired) electrons. The molecule has 0 aromatic heterocycles. The second kappa shape index (κ2) is 7.00. The minimum absolute atomic E-state index is 0.268. The van der Waals surface area contributed by atoms with Crippen LogP contribution in [0.15, 0.2) is 59.2 Å². The maximum absolute atomic E-state index is 12.0. The Morgan fingerprint density at radius 1 is 1.04 bits per heavy atom. The van der Waals surface area contributed by atoms with Crippen molar-refractivity contribution >= 4 is 17.9 Å². The Kier molecular flexibility index (Phi) is 4.61. The summed E-state index contributed by atoms with van der Waals surface area (Å²) in [5.41, 5.74) is 1.84. The molecular weight excluding hydrogens is 306 g/mol. The highest BCUT2D eigenvalue weighted by Crippen LogP contribution is 2.21. The van der Waals surface area contributed by atoms with Gasteiger partial charge < -0.3 is 14.2 Å². The van der Waals surface area contributed by atoms with Crippen molar-refractivity contribution in [3.8, 4) is 11.5 Å². The summed E-state index contributed by atoms with van der Waals surface area (Å²) >= 11 is 0. The van der Waals surface area contributed by atoms with E-state index in [1.807, 2.05) is 55.5 Å². The van der Waals surface area contributed by atoms with E-state index in [-0.39, 0.29) is 5.70 Å². The topological polar surface area (TPSA) is 57.1 Å². The summed E-state index contributed by atoms with van der Waals surface area (Å²) in [6.07, 6.45) is 1.68. The average molecular weight is 323 g/mol. The van der Waals surface area contributed by atoms with Gasteiger partial charge >= 0.3 is 5.97 Å². The molecule has 1 aliphatic heterocycles. The molecule has 0 N–H and O–H groups in total. The lowest BCUT2D eigenvalue weighted by Gasteiger charge is -2.03. The van der Waals surface area contributed by atoms with Crippen molar-refractivity contribution in [1.29, 1.82) is 0 Å². The van der Waals surface area contributed by atoms with Crippen molar-refractivity contribution in [3.05, 3.63) is 65.4 Å². The molecule has 0 amide bonds. The molecule has 0 bridgehead atoms. The Morgan fingerprint density at radius 3 is 2.33 bits per heavy atom. The van der Waals surface area contributed by atoms with Crippen LogP contribution in [0.4, 0.5) is 0 Å². The number of rotatable bonds is 5. The largest absolute Gasteiger partial charge is 0.497 e. The highest BCUT2D eigenvalue weighted by Gasteiger charge is 2.24. The molecule has 1 heterocycles. The first kappa shape index (κ1) is 15.8. The van der Waals surface area contributed by atoms with Gasteiger partial charge in [0.25, 0.3) is 0 Å². The molecule has 5 heteroatoms. The first-order chi connectivity index (χ1) is 11.7. The minimum Gasteiger partial charge on any atom is -0.497 e. The van der Waals surface area contributed by atoms with E-state index in [1.54, 1.807) is 13.2 Å². The number of carbonyl (C=O) groups is 1. The van der Waals surface area contributed by atoms with Gasteiger partial charge in [-0.2, -0.15) is 0 Å². The van der Waals surface area contributed by atoms with E-state index >= 15 is 0 Å². The molecule has 0 fully saturated rings. The fraction of sp³-hybridized carbons (Fsp3) is 0.158. The summed E-state index contributed by atoms with van der Waals surface area (Å²) in [7, 11) is 1.61. The van der Waals surface area contributed by atoms with Crippen molar-refractivity contribution < 1.29 is 19.0 Å². The van der Waals surface area contributed by atoms with Gasteiger partial charge in [0, 0.05) is 5.56 Å². The number of benzene rings is 2. The van der Waals surface area contributed by atoms with Gasteiger partial charge in [0.15, 0.2) is 5.70 Å². The SMILES string of the molecule is CCOc1ccc(C2=N/C(=C/c3ccc(OC)cc3)C(=O)O2)cc1. The molecule has 5 nitrogen and oxygen atoms in total. The average Bonchev–Trinajstić information content (AvgIpc) is 2.97. The van der Waals surface area contributed by atoms with Crippen LogP contribution >= 0.6 is 0 Å². The second-order valence-corrected chi connectivity index (χ2v) is 5.07. The lowest BCUT2D eigenvalue weighted by Crippen LogP contribution is -2.05. The fourth-order valence-corrected chi connectivity index (χ4v) is 2.25. The number of hydrogen-bond donors (Lipinski definition) is 0. The Hall–Kier alpha value is -3.08. The van der Waals surface area contributed by atoms with Gasteiger partial charge in [-0.25, -0.2) is 9.79 Å². The lowest BCUT2D eigenvalue weighted by atomic mass is 10.2. The van der Waals surface area contributed by atoms with Gasteiger partial charge in [-0.1, -0.05) is 12.1 Å². The molecule has 0 aliphatic carbocycles. The minimum atomic E-state index is -0.463. The van der Waals surface area contributed by atoms with Crippen molar-refractivity contribution in [2.45, 2.75) is 6.92 Å². The van der Waals surface area contributed by atoms with Gasteiger partial charge in [0.1, 0.15) is 11.5 Å². The fourth-order valence-electron chi connectivity index (χ4n) is 2.25. The van der Waals surface area contributed by atoms with Crippen LogP contribution in [0.1, 0.15) is 18.1 Å². The zero-order valence-corrected chi connectivity index (χ0v) is 13.5. The van der Waals surface area contributed by atoms with Crippen molar-refractivity contribution in [2.75, 3.05) is 13.7 Å². The van der Waals surface area contributed by atoms with Crippen LogP contribution < -0.4 is 9.47 Å². The van der Waals surface area contributed by atoms with Gasteiger partial charge in [-0.05, 0) is 55.0 Å². The van der Waals surface area contributed by atoms with Gasteiger partial charge in [0.2, 0.25) is 5.90 Å².